The van der Waals surface area contributed by atoms with Crippen LogP contribution in [0.4, 0.5) is 18.0 Å². The summed E-state index contributed by atoms with van der Waals surface area (Å²) >= 11 is 0. The number of alkyl halides is 2. The lowest BCUT2D eigenvalue weighted by molar-refractivity contribution is -0.158. The number of carboxylic acid groups (broad SMARTS) is 1. The van der Waals surface area contributed by atoms with Crippen LogP contribution in [0.2, 0.25) is 0 Å². The number of piperidine rings is 1. The summed E-state index contributed by atoms with van der Waals surface area (Å²) in [4.78, 5) is 26.8. The van der Waals surface area contributed by atoms with Gasteiger partial charge in [0.25, 0.3) is 6.43 Å². The first-order valence-electron chi connectivity index (χ1n) is 14.0. The highest BCUT2D eigenvalue weighted by Crippen LogP contribution is 2.46. The topological polar surface area (TPSA) is 115 Å². The molecule has 222 valence electrons. The molecular weight excluding hydrogens is 553 g/mol. The van der Waals surface area contributed by atoms with Gasteiger partial charge in [-0.15, -0.1) is 0 Å². The Morgan fingerprint density at radius 2 is 1.81 bits per heavy atom. The van der Waals surface area contributed by atoms with Crippen LogP contribution in [0, 0.1) is 22.6 Å². The van der Waals surface area contributed by atoms with E-state index in [0.29, 0.717) is 23.1 Å². The maximum absolute atomic E-state index is 15.3. The van der Waals surface area contributed by atoms with Gasteiger partial charge in [-0.3, -0.25) is 9.69 Å². The summed E-state index contributed by atoms with van der Waals surface area (Å²) in [7, 11) is 0. The summed E-state index contributed by atoms with van der Waals surface area (Å²) in [5.74, 6) is -1.71. The summed E-state index contributed by atoms with van der Waals surface area (Å²) in [5, 5.41) is 20.8. The number of hydrogen-bond donors (Lipinski definition) is 2. The van der Waals surface area contributed by atoms with Crippen molar-refractivity contribution >= 4 is 12.0 Å². The average molecular weight is 585 g/mol. The van der Waals surface area contributed by atoms with E-state index in [0.717, 1.165) is 55.8 Å². The van der Waals surface area contributed by atoms with E-state index in [1.807, 2.05) is 18.2 Å². The van der Waals surface area contributed by atoms with E-state index in [1.54, 1.807) is 6.07 Å². The fraction of sp³-hybridized carbons (Fsp3) is 0.500. The molecule has 0 radical (unpaired) electrons. The lowest BCUT2D eigenvalue weighted by Gasteiger charge is -2.46. The molecule has 4 heterocycles. The van der Waals surface area contributed by atoms with Gasteiger partial charge in [-0.25, -0.2) is 18.0 Å². The number of likely N-dealkylation sites (tertiary alicyclic amines) is 2. The molecule has 0 aromatic heterocycles. The largest absolute Gasteiger partial charge is 0.465 e. The molecule has 0 aliphatic carbocycles. The van der Waals surface area contributed by atoms with E-state index in [9.17, 15) is 23.6 Å². The van der Waals surface area contributed by atoms with Gasteiger partial charge in [-0.1, -0.05) is 24.3 Å². The lowest BCUT2D eigenvalue weighted by Crippen LogP contribution is -2.68. The minimum atomic E-state index is -3.12. The van der Waals surface area contributed by atoms with Crippen molar-refractivity contribution in [1.29, 1.82) is 5.26 Å². The number of carbonyl (C=O) groups is 2. The standard InChI is InChI=1S/C30H31F3N4O5/c31-25-11-19(1-3-20(25)9-22(12-34)35-27(38)29(26(32)33)16-37(17-29)28(39)40)18-2-4-21-13-42-30(24(21)10-18)5-7-36(8-6-30)23-14-41-15-23/h1-4,10-11,22-23,26H,5-9,13-17H2,(H,35,38)(H,39,40)/t22-/m0/s1. The van der Waals surface area contributed by atoms with Gasteiger partial charge >= 0.3 is 6.09 Å². The van der Waals surface area contributed by atoms with Crippen LogP contribution in [-0.4, -0.2) is 84.8 Å². The number of carbonyl (C=O) groups excluding carboxylic acids is 1. The van der Waals surface area contributed by atoms with Crippen LogP contribution in [-0.2, 0) is 32.9 Å². The van der Waals surface area contributed by atoms with Gasteiger partial charge in [0.1, 0.15) is 17.3 Å². The number of benzene rings is 2. The predicted molar refractivity (Wildman–Crippen MR) is 143 cm³/mol. The van der Waals surface area contributed by atoms with Crippen molar-refractivity contribution in [3.8, 4) is 17.2 Å². The fourth-order valence-electron chi connectivity index (χ4n) is 6.39. The van der Waals surface area contributed by atoms with Crippen molar-refractivity contribution in [1.82, 2.24) is 15.1 Å². The Labute approximate surface area is 240 Å². The Kier molecular flexibility index (Phi) is 7.37. The highest BCUT2D eigenvalue weighted by molar-refractivity contribution is 5.87. The number of rotatable bonds is 7. The van der Waals surface area contributed by atoms with Crippen molar-refractivity contribution < 1.29 is 37.3 Å². The Bertz CT molecular complexity index is 1430. The first-order chi connectivity index (χ1) is 20.1. The molecule has 12 heteroatoms. The number of nitrogens with zero attached hydrogens (tertiary/aromatic N) is 3. The summed E-state index contributed by atoms with van der Waals surface area (Å²) in [6.07, 6.45) is -3.02. The molecule has 9 nitrogen and oxygen atoms in total. The first-order valence-corrected chi connectivity index (χ1v) is 14.0. The average Bonchev–Trinajstić information content (AvgIpc) is 3.25. The van der Waals surface area contributed by atoms with Crippen LogP contribution in [0.3, 0.4) is 0 Å². The normalized spacial score (nSPS) is 21.7. The van der Waals surface area contributed by atoms with Gasteiger partial charge in [-0.2, -0.15) is 5.26 Å². The third-order valence-corrected chi connectivity index (χ3v) is 9.21. The maximum Gasteiger partial charge on any atom is 0.407 e. The number of ether oxygens (including phenoxy) is 2. The molecule has 2 aromatic carbocycles. The van der Waals surface area contributed by atoms with Gasteiger partial charge in [-0.05, 0) is 52.8 Å². The van der Waals surface area contributed by atoms with Gasteiger partial charge in [0.2, 0.25) is 5.91 Å². The van der Waals surface area contributed by atoms with Crippen LogP contribution < -0.4 is 5.32 Å². The summed E-state index contributed by atoms with van der Waals surface area (Å²) in [6.45, 7) is 2.60. The Morgan fingerprint density at radius 3 is 2.40 bits per heavy atom. The second kappa shape index (κ2) is 10.9. The van der Waals surface area contributed by atoms with Crippen molar-refractivity contribution in [2.45, 2.75) is 50.0 Å². The second-order valence-corrected chi connectivity index (χ2v) is 11.6. The molecule has 2 aromatic rings. The molecule has 42 heavy (non-hydrogen) atoms. The highest BCUT2D eigenvalue weighted by atomic mass is 19.3. The highest BCUT2D eigenvalue weighted by Gasteiger charge is 2.58. The summed E-state index contributed by atoms with van der Waals surface area (Å²) in [6, 6.07) is 11.7. The van der Waals surface area contributed by atoms with Crippen LogP contribution >= 0.6 is 0 Å². The SMILES string of the molecule is N#C[C@H](Cc1ccc(-c2ccc3c(c2)C2(CCN(C4COC4)CC2)OC3)cc1F)NC(=O)C1(C(F)F)CN(C(=O)O)C1. The molecule has 3 saturated heterocycles. The number of nitriles is 1. The van der Waals surface area contributed by atoms with Gasteiger partial charge in [0, 0.05) is 32.6 Å². The van der Waals surface area contributed by atoms with Crippen LogP contribution in [0.1, 0.15) is 29.5 Å². The summed E-state index contributed by atoms with van der Waals surface area (Å²) in [5.41, 5.74) is 1.28. The number of fused-ring (bicyclic) bond motifs is 2. The molecule has 3 fully saturated rings. The Hall–Kier alpha value is -3.66. The van der Waals surface area contributed by atoms with Crippen molar-refractivity contribution in [2.75, 3.05) is 39.4 Å². The van der Waals surface area contributed by atoms with E-state index >= 15 is 4.39 Å². The van der Waals surface area contributed by atoms with E-state index in [-0.39, 0.29) is 17.6 Å². The number of amides is 2. The zero-order chi connectivity index (χ0) is 29.6. The van der Waals surface area contributed by atoms with E-state index < -0.39 is 48.8 Å². The van der Waals surface area contributed by atoms with Gasteiger partial charge in [0.15, 0.2) is 0 Å². The molecule has 0 saturated carbocycles. The van der Waals surface area contributed by atoms with Crippen LogP contribution in [0.5, 0.6) is 0 Å². The third kappa shape index (κ3) is 4.89. The monoisotopic (exact) mass is 584 g/mol. The predicted octanol–water partition coefficient (Wildman–Crippen LogP) is 3.51. The fourth-order valence-corrected chi connectivity index (χ4v) is 6.39. The van der Waals surface area contributed by atoms with Crippen molar-refractivity contribution in [2.24, 2.45) is 5.41 Å². The maximum atomic E-state index is 15.3. The zero-order valence-corrected chi connectivity index (χ0v) is 22.8. The molecular formula is C30H31F3N4O5. The van der Waals surface area contributed by atoms with E-state index in [1.165, 1.54) is 12.1 Å². The molecule has 1 spiro atoms. The molecule has 1 atom stereocenters. The molecule has 4 aliphatic heterocycles. The molecule has 2 amide bonds. The van der Waals surface area contributed by atoms with E-state index in [4.69, 9.17) is 14.6 Å². The first kappa shape index (κ1) is 28.5. The Morgan fingerprint density at radius 1 is 1.12 bits per heavy atom. The lowest BCUT2D eigenvalue weighted by atomic mass is 9.79. The van der Waals surface area contributed by atoms with E-state index in [2.05, 4.69) is 16.3 Å². The Balaban J connectivity index is 1.14. The number of nitrogens with one attached hydrogen (secondary N) is 1. The smallest absolute Gasteiger partial charge is 0.407 e. The molecule has 0 bridgehead atoms. The third-order valence-electron chi connectivity index (χ3n) is 9.21. The molecule has 2 N–H and O–H groups in total. The van der Waals surface area contributed by atoms with Crippen molar-refractivity contribution in [3.05, 3.63) is 58.9 Å². The van der Waals surface area contributed by atoms with Gasteiger partial charge in [0.05, 0.1) is 37.5 Å². The zero-order valence-electron chi connectivity index (χ0n) is 22.8. The van der Waals surface area contributed by atoms with Crippen molar-refractivity contribution in [3.63, 3.8) is 0 Å². The quantitative estimate of drug-likeness (QED) is 0.512. The van der Waals surface area contributed by atoms with Crippen LogP contribution in [0.15, 0.2) is 36.4 Å². The molecule has 0 unspecified atom stereocenters. The van der Waals surface area contributed by atoms with Gasteiger partial charge < -0.3 is 24.8 Å². The minimum Gasteiger partial charge on any atom is -0.465 e. The second-order valence-electron chi connectivity index (χ2n) is 11.6. The number of hydrogen-bond acceptors (Lipinski definition) is 6. The molecule has 4 aliphatic rings. The van der Waals surface area contributed by atoms with Crippen LogP contribution in [0.25, 0.3) is 11.1 Å². The summed E-state index contributed by atoms with van der Waals surface area (Å²) < 4.78 is 54.4. The number of halogens is 3. The molecule has 6 rings (SSSR count). The minimum absolute atomic E-state index is 0.144.